The molecule has 0 saturated carbocycles. The van der Waals surface area contributed by atoms with Crippen molar-refractivity contribution in [1.29, 1.82) is 16.2 Å². The van der Waals surface area contributed by atoms with Crippen molar-refractivity contribution < 1.29 is 87.2 Å². The summed E-state index contributed by atoms with van der Waals surface area (Å²) in [5.41, 5.74) is 40.9. The number of guanidine groups is 4. The fourth-order valence-electron chi connectivity index (χ4n) is 12.4. The first-order chi connectivity index (χ1) is 58.8. The highest BCUT2D eigenvalue weighted by atomic mass is 32.2. The van der Waals surface area contributed by atoms with Crippen LogP contribution in [-0.4, -0.2) is 290 Å². The number of thiol groups is 2. The summed E-state index contributed by atoms with van der Waals surface area (Å²) in [4.78, 5) is 222. The summed E-state index contributed by atoms with van der Waals surface area (Å²) in [6, 6.07) is -7.23. The molecule has 1 aliphatic rings. The van der Waals surface area contributed by atoms with Gasteiger partial charge < -0.3 is 145 Å². The third-order valence-electron chi connectivity index (χ3n) is 19.2. The lowest BCUT2D eigenvalue weighted by Gasteiger charge is -2.30. The van der Waals surface area contributed by atoms with Gasteiger partial charge in [-0.25, -0.2) is 9.98 Å². The summed E-state index contributed by atoms with van der Waals surface area (Å²) in [5.74, 6) is -18.5. The number of imidazole rings is 1. The van der Waals surface area contributed by atoms with Crippen molar-refractivity contribution in [1.82, 2.24) is 94.6 Å². The molecule has 4 rings (SSSR count). The number of phenols is 1. The number of carboxylic acid groups (broad SMARTS) is 1. The highest BCUT2D eigenvalue weighted by molar-refractivity contribution is 7.98. The monoisotopic (exact) mass is 1800 g/mol. The number of aliphatic carboxylic acids is 1. The topological polar surface area (TPSA) is 795 Å². The van der Waals surface area contributed by atoms with Crippen molar-refractivity contribution in [2.24, 2.45) is 51.0 Å². The number of primary amides is 1. The van der Waals surface area contributed by atoms with E-state index in [1.54, 1.807) is 37.3 Å². The van der Waals surface area contributed by atoms with Crippen molar-refractivity contribution in [2.75, 3.05) is 62.8 Å². The van der Waals surface area contributed by atoms with Crippen LogP contribution in [0.5, 0.6) is 5.75 Å². The fraction of sp³-hybridized carbons (Fsp3) is 0.541. The number of aromatic amines is 1. The van der Waals surface area contributed by atoms with E-state index in [9.17, 15) is 82.4 Å². The third kappa shape index (κ3) is 37.1. The number of amides is 14. The number of likely N-dealkylation sites (tertiary alicyclic amines) is 1. The minimum atomic E-state index is -2.08. The molecular weight excluding hydrogens is 1680 g/mol. The Hall–Kier alpha value is -12.4. The summed E-state index contributed by atoms with van der Waals surface area (Å²) >= 11 is 9.94. The zero-order valence-corrected chi connectivity index (χ0v) is 71.3. The van der Waals surface area contributed by atoms with Crippen LogP contribution in [0.1, 0.15) is 94.9 Å². The molecule has 3 aromatic rings. The van der Waals surface area contributed by atoms with E-state index in [0.717, 1.165) is 4.90 Å². The van der Waals surface area contributed by atoms with Crippen molar-refractivity contribution >= 4 is 150 Å². The quantitative estimate of drug-likeness (QED) is 0.0108. The van der Waals surface area contributed by atoms with E-state index >= 15 is 4.79 Å². The Kier molecular flexibility index (Phi) is 45.4. The lowest BCUT2D eigenvalue weighted by atomic mass is 9.97. The van der Waals surface area contributed by atoms with Crippen molar-refractivity contribution in [3.63, 3.8) is 0 Å². The van der Waals surface area contributed by atoms with Crippen LogP contribution in [0.4, 0.5) is 0 Å². The number of hydrogen-bond donors (Lipinski definition) is 31. The molecule has 14 amide bonds. The van der Waals surface area contributed by atoms with E-state index in [1.165, 1.54) is 55.5 Å². The number of hydrogen-bond acceptors (Lipinski definition) is 26. The second-order valence-electron chi connectivity index (χ2n) is 28.9. The predicted octanol–water partition coefficient (Wildman–Crippen LogP) is -9.44. The first-order valence-corrected chi connectivity index (χ1v) is 42.1. The van der Waals surface area contributed by atoms with Crippen molar-refractivity contribution in [3.05, 3.63) is 83.9 Å². The second-order valence-corrected chi connectivity index (χ2v) is 30.6. The molecule has 684 valence electrons. The average molecular weight is 1800 g/mol. The molecule has 1 fully saturated rings. The number of H-pyrrole nitrogens is 1. The molecule has 1 saturated heterocycles. The maximum absolute atomic E-state index is 15.1. The Bertz CT molecular complexity index is 4160. The van der Waals surface area contributed by atoms with E-state index in [0.29, 0.717) is 29.0 Å². The Balaban J connectivity index is 1.61. The molecule has 0 spiro atoms. The Morgan fingerprint density at radius 3 is 1.53 bits per heavy atom. The summed E-state index contributed by atoms with van der Waals surface area (Å²) < 4.78 is 0. The number of aromatic hydroxyl groups is 1. The van der Waals surface area contributed by atoms with Gasteiger partial charge in [-0.05, 0) is 86.1 Å². The van der Waals surface area contributed by atoms with Crippen LogP contribution in [0.15, 0.2) is 72.1 Å². The van der Waals surface area contributed by atoms with Gasteiger partial charge >= 0.3 is 5.97 Å². The van der Waals surface area contributed by atoms with E-state index in [4.69, 9.17) is 56.4 Å². The number of nitrogens with two attached hydrogens (primary N) is 7. The molecule has 15 atom stereocenters. The molecule has 124 heavy (non-hydrogen) atoms. The number of carboxylic acids is 1. The number of carbonyl (C=O) groups is 15. The number of rotatable bonds is 55. The van der Waals surface area contributed by atoms with Gasteiger partial charge in [0.25, 0.3) is 0 Å². The van der Waals surface area contributed by atoms with Gasteiger partial charge in [-0.15, -0.1) is 0 Å². The number of aliphatic hydroxyl groups is 1. The Labute approximate surface area is 729 Å². The van der Waals surface area contributed by atoms with Gasteiger partial charge in [0.2, 0.25) is 82.7 Å². The van der Waals surface area contributed by atoms with Crippen LogP contribution >= 0.6 is 37.0 Å². The van der Waals surface area contributed by atoms with E-state index in [-0.39, 0.29) is 101 Å². The first-order valence-electron chi connectivity index (χ1n) is 39.4. The molecule has 2 heterocycles. The molecule has 1 aliphatic heterocycles. The minimum absolute atomic E-state index is 0.00556. The van der Waals surface area contributed by atoms with Gasteiger partial charge in [-0.1, -0.05) is 62.7 Å². The van der Waals surface area contributed by atoms with Crippen molar-refractivity contribution in [2.45, 2.75) is 182 Å². The highest BCUT2D eigenvalue weighted by Crippen LogP contribution is 2.24. The number of benzene rings is 2. The number of aromatic nitrogens is 2. The zero-order valence-electron chi connectivity index (χ0n) is 68.7. The normalized spacial score (nSPS) is 15.9. The number of carbonyl (C=O) groups excluding carboxylic acids is 14. The van der Waals surface area contributed by atoms with Crippen LogP contribution in [0, 0.1) is 22.1 Å². The summed E-state index contributed by atoms with van der Waals surface area (Å²) in [7, 11) is 0. The molecule has 0 radical (unpaired) electrons. The van der Waals surface area contributed by atoms with Crippen LogP contribution in [0.25, 0.3) is 0 Å². The van der Waals surface area contributed by atoms with Crippen LogP contribution in [0.2, 0.25) is 0 Å². The van der Waals surface area contributed by atoms with Gasteiger partial charge in [0.15, 0.2) is 23.8 Å². The third-order valence-corrected chi connectivity index (χ3v) is 20.6. The van der Waals surface area contributed by atoms with Crippen LogP contribution in [0.3, 0.4) is 0 Å². The zero-order chi connectivity index (χ0) is 92.3. The molecule has 2 aromatic carbocycles. The van der Waals surface area contributed by atoms with Gasteiger partial charge in [0.1, 0.15) is 78.3 Å². The summed E-state index contributed by atoms with van der Waals surface area (Å²) in [5, 5.41) is 91.0. The molecule has 0 unspecified atom stereocenters. The number of aliphatic imine (C=N–C) groups is 1. The van der Waals surface area contributed by atoms with Crippen molar-refractivity contribution in [3.8, 4) is 5.75 Å². The number of thioether (sulfide) groups is 1. The van der Waals surface area contributed by atoms with Gasteiger partial charge in [0, 0.05) is 69.6 Å². The van der Waals surface area contributed by atoms with Crippen LogP contribution < -0.4 is 120 Å². The minimum Gasteiger partial charge on any atom is -0.508 e. The molecular formula is C74H117N29O18S3. The first kappa shape index (κ1) is 104. The van der Waals surface area contributed by atoms with E-state index < -0.39 is 235 Å². The average Bonchev–Trinajstić information content (AvgIpc) is 1.64. The lowest BCUT2D eigenvalue weighted by molar-refractivity contribution is -0.144. The molecule has 0 aliphatic carbocycles. The molecule has 47 nitrogen and oxygen atoms in total. The standard InChI is InChI=1S/C74H117N29O18S3/c1-4-37(2)57(69(120)99-51(33-104)65(116)101-53(35-123)67(118)96-48(26-39-16-18-42(105)19-17-39)62(113)93-44(58(76)109)13-8-21-86-71(77)78)102-61(112)45(14-9-22-87-72(79)80)94-64(115)50(29-56(107)108)98-68(119)54-28-41(91-74(83)84)32-103(54)70(121)46(15-10-23-88-73(81)82)92-55(106)31-89-60(111)47(25-38-11-6-5-7-12-38)95-63(114)49(27-40-30-85-36-90-40)97-66(117)52(34-122)100-59(110)43(75)20-24-124-3/h5-7,11-12,16-19,30,36-37,41,43-54,57,104-105,122-123H,4,8-10,13-15,20-29,31-35,75H2,1-3H3,(H2,76,109)(H,85,90)(H,89,111)(H,92,106)(H,93,113)(H,94,115)(H,95,114)(H,96,118)(H,97,117)(H,98,119)(H,99,120)(H,100,110)(H,101,116)(H,102,112)(H,107,108)(H4,77,78,86)(H4,79,80,87)(H4,81,82,88)(H4,83,84,91)/t37-,41-,43-,44-,45-,46-,47-,48-,49-,50-,51-,52-,53-,54-,57-/m0/s1. The lowest BCUT2D eigenvalue weighted by Crippen LogP contribution is -2.62. The highest BCUT2D eigenvalue weighted by Gasteiger charge is 2.45. The predicted molar refractivity (Wildman–Crippen MR) is 462 cm³/mol. The fourth-order valence-corrected chi connectivity index (χ4v) is 13.4. The molecule has 1 aromatic heterocycles. The van der Waals surface area contributed by atoms with Gasteiger partial charge in [-0.3, -0.25) is 88.1 Å². The number of nitrogens with zero attached hydrogens (tertiary/aromatic N) is 3. The largest absolute Gasteiger partial charge is 0.508 e. The molecule has 50 heteroatoms. The maximum Gasteiger partial charge on any atom is 0.305 e. The second kappa shape index (κ2) is 54.1. The molecule has 36 N–H and O–H groups in total. The number of phenolic OH excluding ortho intramolecular Hbond substituents is 1. The van der Waals surface area contributed by atoms with E-state index in [2.05, 4.69) is 120 Å². The maximum atomic E-state index is 15.1. The molecule has 0 bridgehead atoms. The number of nitrogens with one attached hydrogen (secondary N) is 19. The smallest absolute Gasteiger partial charge is 0.305 e. The number of aliphatic hydroxyl groups excluding tert-OH is 1. The van der Waals surface area contributed by atoms with Gasteiger partial charge in [0.05, 0.1) is 43.7 Å². The summed E-state index contributed by atoms with van der Waals surface area (Å²) in [6.07, 6.45) is 2.36. The van der Waals surface area contributed by atoms with Gasteiger partial charge in [-0.2, -0.15) is 37.0 Å². The van der Waals surface area contributed by atoms with Crippen LogP contribution in [-0.2, 0) is 91.2 Å². The summed E-state index contributed by atoms with van der Waals surface area (Å²) in [6.45, 7) is 0.700. The Morgan fingerprint density at radius 1 is 0.565 bits per heavy atom. The SMILES string of the molecule is CC[C@H](C)[C@H](NC(=O)[C@H](CCCNC(=N)N)NC(=O)[C@H](CC(=O)O)NC(=O)[C@@H]1C[C@H](N=C(N)N)CN1C(=O)[C@H](CCCNC(=N)N)NC(=O)CNC(=O)[C@H](Cc1ccccc1)NC(=O)[C@H](Cc1c[nH]cn1)NC(=O)[C@H](CS)NC(=O)[C@@H](N)CCSC)C(=O)N[C@@H](CO)C(=O)N[C@@H](CS)C(=O)N[C@@H](Cc1ccc(O)cc1)C(=O)N[C@@H](CCCNC(=N)N)C(N)=O. The van der Waals surface area contributed by atoms with E-state index in [1.807, 2.05) is 6.26 Å². The Morgan fingerprint density at radius 2 is 1.03 bits per heavy atom.